The highest BCUT2D eigenvalue weighted by molar-refractivity contribution is 5.89. The number of hydrogen-bond donors (Lipinski definition) is 2. The van der Waals surface area contributed by atoms with Crippen molar-refractivity contribution in [2.45, 2.75) is 31.3 Å². The van der Waals surface area contributed by atoms with Crippen LogP contribution in [0.1, 0.15) is 29.6 Å². The second kappa shape index (κ2) is 8.51. The summed E-state index contributed by atoms with van der Waals surface area (Å²) in [6, 6.07) is 9.22. The minimum absolute atomic E-state index is 0.0187. The zero-order valence-corrected chi connectivity index (χ0v) is 12.4. The van der Waals surface area contributed by atoms with Gasteiger partial charge in [0.05, 0.1) is 25.2 Å². The molecule has 0 amide bonds. The van der Waals surface area contributed by atoms with Gasteiger partial charge in [0.25, 0.3) is 0 Å². The molecule has 1 aliphatic rings. The SMILES string of the molecule is O=C(O)CCOC[C@@H]1CC[C@@H](COC(=O)c2ccccc2)N1. The molecule has 6 nitrogen and oxygen atoms in total. The molecule has 22 heavy (non-hydrogen) atoms. The van der Waals surface area contributed by atoms with E-state index < -0.39 is 5.97 Å². The standard InChI is InChI=1S/C16H21NO5/c18-15(19)8-9-21-10-13-6-7-14(17-13)11-22-16(20)12-4-2-1-3-5-12/h1-5,13-14,17H,6-11H2,(H,18,19)/t13-,14-/m0/s1. The first kappa shape index (κ1) is 16.5. The van der Waals surface area contributed by atoms with Gasteiger partial charge >= 0.3 is 11.9 Å². The summed E-state index contributed by atoms with van der Waals surface area (Å²) < 4.78 is 10.6. The summed E-state index contributed by atoms with van der Waals surface area (Å²) in [5, 5.41) is 11.9. The minimum Gasteiger partial charge on any atom is -0.481 e. The smallest absolute Gasteiger partial charge is 0.338 e. The van der Waals surface area contributed by atoms with E-state index in [1.54, 1.807) is 24.3 Å². The van der Waals surface area contributed by atoms with Gasteiger partial charge in [-0.2, -0.15) is 0 Å². The zero-order valence-electron chi connectivity index (χ0n) is 12.4. The molecule has 0 aliphatic carbocycles. The quantitative estimate of drug-likeness (QED) is 0.558. The summed E-state index contributed by atoms with van der Waals surface area (Å²) in [6.07, 6.45) is 1.86. The number of carboxylic acids is 1. The summed E-state index contributed by atoms with van der Waals surface area (Å²) >= 11 is 0. The molecule has 2 rings (SSSR count). The Balaban J connectivity index is 1.62. The van der Waals surface area contributed by atoms with Crippen molar-refractivity contribution in [2.75, 3.05) is 19.8 Å². The number of carbonyl (C=O) groups excluding carboxylic acids is 1. The third-order valence-corrected chi connectivity index (χ3v) is 3.54. The Morgan fingerprint density at radius 1 is 1.14 bits per heavy atom. The monoisotopic (exact) mass is 307 g/mol. The highest BCUT2D eigenvalue weighted by Gasteiger charge is 2.25. The van der Waals surface area contributed by atoms with Gasteiger partial charge in [-0.1, -0.05) is 18.2 Å². The summed E-state index contributed by atoms with van der Waals surface area (Å²) in [5.74, 6) is -1.17. The van der Waals surface area contributed by atoms with Gasteiger partial charge < -0.3 is 19.9 Å². The third-order valence-electron chi connectivity index (χ3n) is 3.54. The summed E-state index contributed by atoms with van der Waals surface area (Å²) in [6.45, 7) is 1.04. The number of carbonyl (C=O) groups is 2. The number of benzene rings is 1. The Labute approximate surface area is 129 Å². The molecule has 120 valence electrons. The molecule has 1 heterocycles. The predicted octanol–water partition coefficient (Wildman–Crippen LogP) is 1.46. The maximum absolute atomic E-state index is 11.8. The average Bonchev–Trinajstić information content (AvgIpc) is 2.98. The molecule has 0 radical (unpaired) electrons. The first-order chi connectivity index (χ1) is 10.6. The van der Waals surface area contributed by atoms with Gasteiger partial charge in [-0.3, -0.25) is 4.79 Å². The summed E-state index contributed by atoms with van der Waals surface area (Å²) in [5.41, 5.74) is 0.550. The molecular formula is C16H21NO5. The van der Waals surface area contributed by atoms with E-state index >= 15 is 0 Å². The lowest BCUT2D eigenvalue weighted by Crippen LogP contribution is -2.36. The normalized spacial score (nSPS) is 20.7. The molecule has 0 bridgehead atoms. The van der Waals surface area contributed by atoms with Gasteiger partial charge in [-0.25, -0.2) is 4.79 Å². The molecule has 1 saturated heterocycles. The topological polar surface area (TPSA) is 84.9 Å². The zero-order chi connectivity index (χ0) is 15.8. The van der Waals surface area contributed by atoms with Crippen LogP contribution in [0, 0.1) is 0 Å². The van der Waals surface area contributed by atoms with E-state index in [1.807, 2.05) is 6.07 Å². The van der Waals surface area contributed by atoms with Crippen LogP contribution in [0.5, 0.6) is 0 Å². The van der Waals surface area contributed by atoms with E-state index in [-0.39, 0.29) is 31.1 Å². The molecule has 0 aromatic heterocycles. The maximum Gasteiger partial charge on any atom is 0.338 e. The molecule has 6 heteroatoms. The van der Waals surface area contributed by atoms with Crippen molar-refractivity contribution in [1.29, 1.82) is 0 Å². The summed E-state index contributed by atoms with van der Waals surface area (Å²) in [7, 11) is 0. The Kier molecular flexibility index (Phi) is 6.36. The number of esters is 1. The van der Waals surface area contributed by atoms with Gasteiger partial charge in [-0.05, 0) is 25.0 Å². The number of ether oxygens (including phenoxy) is 2. The molecule has 1 aromatic carbocycles. The van der Waals surface area contributed by atoms with E-state index in [0.717, 1.165) is 12.8 Å². The van der Waals surface area contributed by atoms with Crippen molar-refractivity contribution < 1.29 is 24.2 Å². The lowest BCUT2D eigenvalue weighted by Gasteiger charge is -2.14. The van der Waals surface area contributed by atoms with Gasteiger partial charge in [-0.15, -0.1) is 0 Å². The molecule has 1 aromatic rings. The second-order valence-corrected chi connectivity index (χ2v) is 5.32. The van der Waals surface area contributed by atoms with Gasteiger partial charge in [0.15, 0.2) is 0 Å². The van der Waals surface area contributed by atoms with Crippen molar-refractivity contribution in [3.63, 3.8) is 0 Å². The van der Waals surface area contributed by atoms with Gasteiger partial charge in [0, 0.05) is 12.1 Å². The Bertz CT molecular complexity index is 491. The molecule has 2 atom stereocenters. The number of carboxylic acid groups (broad SMARTS) is 1. The van der Waals surface area contributed by atoms with Crippen molar-refractivity contribution in [1.82, 2.24) is 5.32 Å². The van der Waals surface area contributed by atoms with Crippen LogP contribution in [0.2, 0.25) is 0 Å². The van der Waals surface area contributed by atoms with E-state index in [2.05, 4.69) is 5.32 Å². The molecular weight excluding hydrogens is 286 g/mol. The van der Waals surface area contributed by atoms with Gasteiger partial charge in [0.1, 0.15) is 6.61 Å². The average molecular weight is 307 g/mol. The van der Waals surface area contributed by atoms with Crippen LogP contribution < -0.4 is 5.32 Å². The van der Waals surface area contributed by atoms with Crippen LogP contribution in [0.15, 0.2) is 30.3 Å². The van der Waals surface area contributed by atoms with Crippen LogP contribution in [0.25, 0.3) is 0 Å². The van der Waals surface area contributed by atoms with Crippen molar-refractivity contribution in [3.05, 3.63) is 35.9 Å². The van der Waals surface area contributed by atoms with Crippen LogP contribution in [-0.4, -0.2) is 48.9 Å². The van der Waals surface area contributed by atoms with Crippen molar-refractivity contribution >= 4 is 11.9 Å². The molecule has 1 aliphatic heterocycles. The fraction of sp³-hybridized carbons (Fsp3) is 0.500. The maximum atomic E-state index is 11.8. The number of aliphatic carboxylic acids is 1. The minimum atomic E-state index is -0.856. The molecule has 0 unspecified atom stereocenters. The number of hydrogen-bond acceptors (Lipinski definition) is 5. The number of rotatable bonds is 8. The summed E-state index contributed by atoms with van der Waals surface area (Å²) in [4.78, 5) is 22.2. The molecule has 0 spiro atoms. The number of nitrogens with one attached hydrogen (secondary N) is 1. The predicted molar refractivity (Wildman–Crippen MR) is 79.7 cm³/mol. The van der Waals surface area contributed by atoms with E-state index in [9.17, 15) is 9.59 Å². The highest BCUT2D eigenvalue weighted by Crippen LogP contribution is 2.14. The van der Waals surface area contributed by atoms with Crippen molar-refractivity contribution in [3.8, 4) is 0 Å². The van der Waals surface area contributed by atoms with Crippen LogP contribution in [0.3, 0.4) is 0 Å². The third kappa shape index (κ3) is 5.46. The Hall–Kier alpha value is -1.92. The molecule has 2 N–H and O–H groups in total. The van der Waals surface area contributed by atoms with Crippen LogP contribution in [0.4, 0.5) is 0 Å². The van der Waals surface area contributed by atoms with E-state index in [0.29, 0.717) is 18.8 Å². The lowest BCUT2D eigenvalue weighted by atomic mass is 10.2. The largest absolute Gasteiger partial charge is 0.481 e. The van der Waals surface area contributed by atoms with Crippen LogP contribution >= 0.6 is 0 Å². The van der Waals surface area contributed by atoms with Crippen molar-refractivity contribution in [2.24, 2.45) is 0 Å². The highest BCUT2D eigenvalue weighted by atomic mass is 16.5. The molecule has 0 saturated carbocycles. The first-order valence-electron chi connectivity index (χ1n) is 7.43. The Morgan fingerprint density at radius 2 is 1.82 bits per heavy atom. The van der Waals surface area contributed by atoms with E-state index in [4.69, 9.17) is 14.6 Å². The fourth-order valence-electron chi connectivity index (χ4n) is 2.38. The van der Waals surface area contributed by atoms with Crippen LogP contribution in [-0.2, 0) is 14.3 Å². The van der Waals surface area contributed by atoms with Gasteiger partial charge in [0.2, 0.25) is 0 Å². The fourth-order valence-corrected chi connectivity index (χ4v) is 2.38. The lowest BCUT2D eigenvalue weighted by molar-refractivity contribution is -0.138. The molecule has 1 fully saturated rings. The first-order valence-corrected chi connectivity index (χ1v) is 7.43. The van der Waals surface area contributed by atoms with E-state index in [1.165, 1.54) is 0 Å². The second-order valence-electron chi connectivity index (χ2n) is 5.32. The Morgan fingerprint density at radius 3 is 2.50 bits per heavy atom.